The SMILES string of the molecule is CCC(N)Cc1ccc(OCCCF)c(F)c1. The van der Waals surface area contributed by atoms with Crippen LogP contribution in [-0.2, 0) is 6.42 Å². The molecule has 0 bridgehead atoms. The van der Waals surface area contributed by atoms with Crippen LogP contribution in [0, 0.1) is 5.82 Å². The first-order valence-corrected chi connectivity index (χ1v) is 5.90. The molecule has 0 aromatic heterocycles. The molecule has 0 aliphatic heterocycles. The van der Waals surface area contributed by atoms with Crippen molar-refractivity contribution in [2.75, 3.05) is 13.3 Å². The molecule has 0 heterocycles. The molecule has 1 aromatic rings. The van der Waals surface area contributed by atoms with Crippen molar-refractivity contribution in [3.05, 3.63) is 29.6 Å². The van der Waals surface area contributed by atoms with Gasteiger partial charge in [-0.3, -0.25) is 4.39 Å². The number of nitrogens with two attached hydrogens (primary N) is 1. The molecule has 1 atom stereocenters. The highest BCUT2D eigenvalue weighted by molar-refractivity contribution is 5.29. The van der Waals surface area contributed by atoms with Crippen molar-refractivity contribution in [3.63, 3.8) is 0 Å². The van der Waals surface area contributed by atoms with Gasteiger partial charge in [0.1, 0.15) is 0 Å². The van der Waals surface area contributed by atoms with E-state index < -0.39 is 12.5 Å². The van der Waals surface area contributed by atoms with Gasteiger partial charge in [0.15, 0.2) is 11.6 Å². The van der Waals surface area contributed by atoms with E-state index in [4.69, 9.17) is 10.5 Å². The Balaban J connectivity index is 2.59. The predicted octanol–water partition coefficient (Wildman–Crippen LogP) is 2.84. The van der Waals surface area contributed by atoms with E-state index in [1.807, 2.05) is 6.92 Å². The Hall–Kier alpha value is -1.16. The summed E-state index contributed by atoms with van der Waals surface area (Å²) in [7, 11) is 0. The van der Waals surface area contributed by atoms with Gasteiger partial charge in [-0.05, 0) is 30.5 Å². The fourth-order valence-electron chi connectivity index (χ4n) is 1.47. The lowest BCUT2D eigenvalue weighted by atomic mass is 10.0. The molecule has 0 spiro atoms. The zero-order valence-electron chi connectivity index (χ0n) is 10.1. The van der Waals surface area contributed by atoms with Crippen molar-refractivity contribution < 1.29 is 13.5 Å². The molecule has 2 N–H and O–H groups in total. The van der Waals surface area contributed by atoms with E-state index in [0.29, 0.717) is 6.42 Å². The highest BCUT2D eigenvalue weighted by atomic mass is 19.1. The Bertz CT molecular complexity index is 344. The van der Waals surface area contributed by atoms with Crippen molar-refractivity contribution in [1.29, 1.82) is 0 Å². The Morgan fingerprint density at radius 2 is 2.18 bits per heavy atom. The van der Waals surface area contributed by atoms with E-state index in [0.717, 1.165) is 12.0 Å². The molecule has 96 valence electrons. The van der Waals surface area contributed by atoms with Gasteiger partial charge in [-0.1, -0.05) is 13.0 Å². The number of benzene rings is 1. The van der Waals surface area contributed by atoms with E-state index >= 15 is 0 Å². The minimum absolute atomic E-state index is 0.0488. The van der Waals surface area contributed by atoms with Crippen molar-refractivity contribution in [3.8, 4) is 5.75 Å². The summed E-state index contributed by atoms with van der Waals surface area (Å²) in [6.07, 6.45) is 1.79. The average molecular weight is 243 g/mol. The van der Waals surface area contributed by atoms with E-state index in [-0.39, 0.29) is 24.8 Å². The zero-order valence-corrected chi connectivity index (χ0v) is 10.1. The van der Waals surface area contributed by atoms with Gasteiger partial charge in [-0.25, -0.2) is 4.39 Å². The van der Waals surface area contributed by atoms with Gasteiger partial charge in [0, 0.05) is 12.5 Å². The number of rotatable bonds is 7. The first-order valence-electron chi connectivity index (χ1n) is 5.90. The summed E-state index contributed by atoms with van der Waals surface area (Å²) in [6, 6.07) is 4.85. The van der Waals surface area contributed by atoms with Crippen LogP contribution in [0.2, 0.25) is 0 Å². The van der Waals surface area contributed by atoms with Gasteiger partial charge in [-0.2, -0.15) is 0 Å². The molecule has 0 aliphatic carbocycles. The van der Waals surface area contributed by atoms with E-state index in [1.54, 1.807) is 12.1 Å². The normalized spacial score (nSPS) is 12.5. The molecule has 0 saturated heterocycles. The third-order valence-corrected chi connectivity index (χ3v) is 2.55. The molecular formula is C13H19F2NO. The Morgan fingerprint density at radius 3 is 2.76 bits per heavy atom. The van der Waals surface area contributed by atoms with Crippen LogP contribution in [0.5, 0.6) is 5.75 Å². The standard InChI is InChI=1S/C13H19F2NO/c1-2-11(16)8-10-4-5-13(12(15)9-10)17-7-3-6-14/h4-5,9,11H,2-3,6-8,16H2,1H3. The lowest BCUT2D eigenvalue weighted by Gasteiger charge is -2.11. The lowest BCUT2D eigenvalue weighted by Crippen LogP contribution is -2.21. The van der Waals surface area contributed by atoms with Gasteiger partial charge >= 0.3 is 0 Å². The van der Waals surface area contributed by atoms with Crippen molar-refractivity contribution in [2.24, 2.45) is 5.73 Å². The maximum Gasteiger partial charge on any atom is 0.165 e. The maximum atomic E-state index is 13.6. The summed E-state index contributed by atoms with van der Waals surface area (Å²) >= 11 is 0. The molecule has 0 amide bonds. The van der Waals surface area contributed by atoms with Crippen LogP contribution in [0.1, 0.15) is 25.3 Å². The molecule has 0 saturated carbocycles. The summed E-state index contributed by atoms with van der Waals surface area (Å²) in [4.78, 5) is 0. The van der Waals surface area contributed by atoms with Crippen molar-refractivity contribution in [1.82, 2.24) is 0 Å². The molecule has 1 rings (SSSR count). The van der Waals surface area contributed by atoms with Crippen LogP contribution >= 0.6 is 0 Å². The summed E-state index contributed by atoms with van der Waals surface area (Å²) in [6.45, 7) is 1.74. The van der Waals surface area contributed by atoms with Crippen LogP contribution in [0.3, 0.4) is 0 Å². The number of hydrogen-bond donors (Lipinski definition) is 1. The molecule has 0 aliphatic rings. The number of halogens is 2. The summed E-state index contributed by atoms with van der Waals surface area (Å²) in [5.74, 6) is -0.239. The quantitative estimate of drug-likeness (QED) is 0.747. The van der Waals surface area contributed by atoms with Crippen LogP contribution in [-0.4, -0.2) is 19.3 Å². The monoisotopic (exact) mass is 243 g/mol. The number of hydrogen-bond acceptors (Lipinski definition) is 2. The van der Waals surface area contributed by atoms with Gasteiger partial charge in [0.25, 0.3) is 0 Å². The highest BCUT2D eigenvalue weighted by Gasteiger charge is 2.07. The van der Waals surface area contributed by atoms with Crippen LogP contribution in [0.25, 0.3) is 0 Å². The predicted molar refractivity (Wildman–Crippen MR) is 64.5 cm³/mol. The highest BCUT2D eigenvalue weighted by Crippen LogP contribution is 2.19. The van der Waals surface area contributed by atoms with Gasteiger partial charge < -0.3 is 10.5 Å². The summed E-state index contributed by atoms with van der Waals surface area (Å²) in [5.41, 5.74) is 6.65. The van der Waals surface area contributed by atoms with Gasteiger partial charge in [0.05, 0.1) is 13.3 Å². The van der Waals surface area contributed by atoms with E-state index in [9.17, 15) is 8.78 Å². The second-order valence-corrected chi connectivity index (χ2v) is 4.03. The van der Waals surface area contributed by atoms with Crippen LogP contribution < -0.4 is 10.5 Å². The minimum Gasteiger partial charge on any atom is -0.490 e. The molecule has 2 nitrogen and oxygen atoms in total. The molecule has 4 heteroatoms. The molecule has 17 heavy (non-hydrogen) atoms. The fraction of sp³-hybridized carbons (Fsp3) is 0.538. The van der Waals surface area contributed by atoms with Gasteiger partial charge in [0.2, 0.25) is 0 Å². The Kier molecular flexibility index (Phi) is 5.91. The van der Waals surface area contributed by atoms with Crippen LogP contribution in [0.15, 0.2) is 18.2 Å². The smallest absolute Gasteiger partial charge is 0.165 e. The third-order valence-electron chi connectivity index (χ3n) is 2.55. The van der Waals surface area contributed by atoms with E-state index in [1.165, 1.54) is 6.07 Å². The van der Waals surface area contributed by atoms with Gasteiger partial charge in [-0.15, -0.1) is 0 Å². The maximum absolute atomic E-state index is 13.6. The first-order chi connectivity index (χ1) is 8.17. The summed E-state index contributed by atoms with van der Waals surface area (Å²) < 4.78 is 30.5. The minimum atomic E-state index is -0.453. The largest absolute Gasteiger partial charge is 0.490 e. The average Bonchev–Trinajstić information content (AvgIpc) is 2.32. The lowest BCUT2D eigenvalue weighted by molar-refractivity contribution is 0.277. The molecule has 0 fully saturated rings. The summed E-state index contributed by atoms with van der Waals surface area (Å²) in [5, 5.41) is 0. The zero-order chi connectivity index (χ0) is 12.7. The van der Waals surface area contributed by atoms with Crippen LogP contribution in [0.4, 0.5) is 8.78 Å². The Morgan fingerprint density at radius 1 is 1.41 bits per heavy atom. The Labute approximate surface area is 101 Å². The molecule has 1 unspecified atom stereocenters. The number of ether oxygens (including phenoxy) is 1. The second kappa shape index (κ2) is 7.22. The van der Waals surface area contributed by atoms with Crippen molar-refractivity contribution >= 4 is 0 Å². The molecule has 0 radical (unpaired) electrons. The first kappa shape index (κ1) is 13.9. The third kappa shape index (κ3) is 4.69. The molecular weight excluding hydrogens is 224 g/mol. The molecule has 1 aromatic carbocycles. The second-order valence-electron chi connectivity index (χ2n) is 4.03. The fourth-order valence-corrected chi connectivity index (χ4v) is 1.47. The topological polar surface area (TPSA) is 35.2 Å². The number of alkyl halides is 1. The van der Waals surface area contributed by atoms with Crippen molar-refractivity contribution in [2.45, 2.75) is 32.2 Å². The van der Waals surface area contributed by atoms with E-state index in [2.05, 4.69) is 0 Å².